The first-order valence-corrected chi connectivity index (χ1v) is 26.1. The molecule has 3 unspecified atom stereocenters. The molecule has 0 bridgehead atoms. The summed E-state index contributed by atoms with van der Waals surface area (Å²) in [6.07, 6.45) is 60.3. The number of carbonyl (C=O) groups excluding carboxylic acids is 1. The minimum Gasteiger partial charge on any atom is -0.394 e. The van der Waals surface area contributed by atoms with E-state index in [0.717, 1.165) is 38.5 Å². The zero-order valence-corrected chi connectivity index (χ0v) is 39.2. The molecule has 1 amide bonds. The lowest BCUT2D eigenvalue weighted by molar-refractivity contribution is -0.124. The molecule has 0 aliphatic rings. The van der Waals surface area contributed by atoms with Crippen LogP contribution in [0.4, 0.5) is 0 Å². The van der Waals surface area contributed by atoms with Crippen molar-refractivity contribution in [2.75, 3.05) is 6.61 Å². The van der Waals surface area contributed by atoms with Gasteiger partial charge in [-0.15, -0.1) is 0 Å². The maximum absolute atomic E-state index is 12.5. The molecule has 0 aromatic carbocycles. The lowest BCUT2D eigenvalue weighted by Gasteiger charge is -2.26. The monoisotopic (exact) mass is 818 g/mol. The zero-order valence-electron chi connectivity index (χ0n) is 39.2. The normalized spacial score (nSPS) is 13.5. The van der Waals surface area contributed by atoms with Crippen LogP contribution in [0.25, 0.3) is 0 Å². The Morgan fingerprint density at radius 1 is 0.414 bits per heavy atom. The third-order valence-electron chi connectivity index (χ3n) is 12.3. The maximum atomic E-state index is 12.5. The summed E-state index contributed by atoms with van der Waals surface area (Å²) in [5.41, 5.74) is 0. The summed E-state index contributed by atoms with van der Waals surface area (Å²) < 4.78 is 0. The molecule has 0 saturated heterocycles. The van der Waals surface area contributed by atoms with E-state index in [0.29, 0.717) is 12.8 Å². The molecule has 0 saturated carbocycles. The number of nitrogens with one attached hydrogen (secondary N) is 1. The summed E-state index contributed by atoms with van der Waals surface area (Å²) in [6.45, 7) is 4.20. The Kier molecular flexibility index (Phi) is 47.5. The molecular weight excluding hydrogens is 715 g/mol. The van der Waals surface area contributed by atoms with Crippen molar-refractivity contribution < 1.29 is 20.1 Å². The number of hydrogen-bond acceptors (Lipinski definition) is 4. The fourth-order valence-corrected chi connectivity index (χ4v) is 8.22. The van der Waals surface area contributed by atoms with Crippen LogP contribution in [0.5, 0.6) is 0 Å². The topological polar surface area (TPSA) is 89.8 Å². The van der Waals surface area contributed by atoms with Crippen molar-refractivity contribution in [2.24, 2.45) is 0 Å². The number of carbonyl (C=O) groups is 1. The van der Waals surface area contributed by atoms with Crippen molar-refractivity contribution >= 4 is 5.91 Å². The Bertz CT molecular complexity index is 859. The Labute approximate surface area is 362 Å². The second-order valence-corrected chi connectivity index (χ2v) is 18.1. The van der Waals surface area contributed by atoms with Crippen LogP contribution in [-0.2, 0) is 4.79 Å². The number of hydrogen-bond donors (Lipinski definition) is 4. The number of amides is 1. The van der Waals surface area contributed by atoms with E-state index in [2.05, 4.69) is 43.5 Å². The summed E-state index contributed by atoms with van der Waals surface area (Å²) in [7, 11) is 0. The second kappa shape index (κ2) is 48.5. The molecule has 0 aliphatic heterocycles. The Morgan fingerprint density at radius 2 is 0.690 bits per heavy atom. The lowest BCUT2D eigenvalue weighted by atomic mass is 10.0. The van der Waals surface area contributed by atoms with Gasteiger partial charge in [0.1, 0.15) is 6.10 Å². The molecule has 4 N–H and O–H groups in total. The average Bonchev–Trinajstić information content (AvgIpc) is 3.23. The number of rotatable bonds is 48. The first kappa shape index (κ1) is 56.8. The van der Waals surface area contributed by atoms with Gasteiger partial charge < -0.3 is 20.6 Å². The second-order valence-electron chi connectivity index (χ2n) is 18.1. The molecule has 0 radical (unpaired) electrons. The van der Waals surface area contributed by atoms with Crippen LogP contribution in [0.3, 0.4) is 0 Å². The Morgan fingerprint density at radius 3 is 1.00 bits per heavy atom. The van der Waals surface area contributed by atoms with Crippen LogP contribution in [0.15, 0.2) is 24.3 Å². The predicted octanol–water partition coefficient (Wildman–Crippen LogP) is 15.7. The summed E-state index contributed by atoms with van der Waals surface area (Å²) in [5, 5.41) is 33.7. The highest BCUT2D eigenvalue weighted by Crippen LogP contribution is 2.17. The van der Waals surface area contributed by atoms with Gasteiger partial charge in [-0.3, -0.25) is 4.79 Å². The number of aliphatic hydroxyl groups is 3. The maximum Gasteiger partial charge on any atom is 0.220 e. The van der Waals surface area contributed by atoms with Gasteiger partial charge >= 0.3 is 0 Å². The van der Waals surface area contributed by atoms with Crippen LogP contribution in [0.2, 0.25) is 0 Å². The molecule has 0 aromatic heterocycles. The number of allylic oxidation sites excluding steroid dienone is 4. The fraction of sp³-hybridized carbons (Fsp3) is 0.906. The molecule has 344 valence electrons. The number of aliphatic hydroxyl groups excluding tert-OH is 3. The van der Waals surface area contributed by atoms with E-state index < -0.39 is 18.2 Å². The highest BCUT2D eigenvalue weighted by molar-refractivity contribution is 5.76. The number of unbranched alkanes of at least 4 members (excludes halogenated alkanes) is 36. The van der Waals surface area contributed by atoms with Gasteiger partial charge in [-0.2, -0.15) is 0 Å². The quantitative estimate of drug-likeness (QED) is 0.0364. The molecule has 0 fully saturated rings. The first-order chi connectivity index (χ1) is 28.6. The summed E-state index contributed by atoms with van der Waals surface area (Å²) >= 11 is 0. The molecule has 0 heterocycles. The smallest absolute Gasteiger partial charge is 0.220 e. The van der Waals surface area contributed by atoms with Gasteiger partial charge in [0, 0.05) is 6.42 Å². The van der Waals surface area contributed by atoms with Crippen LogP contribution < -0.4 is 5.32 Å². The van der Waals surface area contributed by atoms with E-state index >= 15 is 0 Å². The molecule has 58 heavy (non-hydrogen) atoms. The Hall–Kier alpha value is -1.17. The Balaban J connectivity index is 3.60. The van der Waals surface area contributed by atoms with Crippen molar-refractivity contribution in [2.45, 2.75) is 302 Å². The van der Waals surface area contributed by atoms with Crippen LogP contribution in [0.1, 0.15) is 284 Å². The van der Waals surface area contributed by atoms with E-state index in [1.165, 1.54) is 218 Å². The zero-order chi connectivity index (χ0) is 42.3. The summed E-state index contributed by atoms with van der Waals surface area (Å²) in [4.78, 5) is 12.5. The van der Waals surface area contributed by atoms with Crippen molar-refractivity contribution in [3.05, 3.63) is 24.3 Å². The van der Waals surface area contributed by atoms with Gasteiger partial charge in [0.25, 0.3) is 0 Å². The van der Waals surface area contributed by atoms with Gasteiger partial charge in [0.05, 0.1) is 18.8 Å². The molecule has 3 atom stereocenters. The molecular formula is C53H103NO4. The molecule has 0 aromatic rings. The van der Waals surface area contributed by atoms with E-state index in [9.17, 15) is 20.1 Å². The third-order valence-corrected chi connectivity index (χ3v) is 12.3. The van der Waals surface area contributed by atoms with E-state index in [4.69, 9.17) is 0 Å². The van der Waals surface area contributed by atoms with Crippen LogP contribution >= 0.6 is 0 Å². The SMILES string of the molecule is CCCCCCCCCCCCC/C=C\CCCCCCCCCC(=O)NC(CO)C(O)C(O)CCC/C=C/CCCCCCCCCCCCCCCCCCC. The fourth-order valence-electron chi connectivity index (χ4n) is 8.22. The largest absolute Gasteiger partial charge is 0.394 e. The minimum absolute atomic E-state index is 0.155. The van der Waals surface area contributed by atoms with Gasteiger partial charge in [-0.1, -0.05) is 237 Å². The van der Waals surface area contributed by atoms with Gasteiger partial charge in [-0.05, 0) is 64.2 Å². The highest BCUT2D eigenvalue weighted by atomic mass is 16.3. The molecule has 0 aliphatic carbocycles. The van der Waals surface area contributed by atoms with Gasteiger partial charge in [0.15, 0.2) is 0 Å². The van der Waals surface area contributed by atoms with Gasteiger partial charge in [-0.25, -0.2) is 0 Å². The van der Waals surface area contributed by atoms with Gasteiger partial charge in [0.2, 0.25) is 5.91 Å². The van der Waals surface area contributed by atoms with Crippen molar-refractivity contribution in [3.63, 3.8) is 0 Å². The lowest BCUT2D eigenvalue weighted by Crippen LogP contribution is -2.50. The highest BCUT2D eigenvalue weighted by Gasteiger charge is 2.26. The van der Waals surface area contributed by atoms with Crippen molar-refractivity contribution in [1.82, 2.24) is 5.32 Å². The molecule has 0 rings (SSSR count). The third kappa shape index (κ3) is 42.9. The average molecular weight is 818 g/mol. The molecule has 0 spiro atoms. The molecule has 5 nitrogen and oxygen atoms in total. The van der Waals surface area contributed by atoms with Crippen LogP contribution in [-0.4, -0.2) is 46.1 Å². The van der Waals surface area contributed by atoms with E-state index in [-0.39, 0.29) is 12.5 Å². The summed E-state index contributed by atoms with van der Waals surface area (Å²) in [5.74, 6) is -0.155. The summed E-state index contributed by atoms with van der Waals surface area (Å²) in [6, 6.07) is -0.827. The predicted molar refractivity (Wildman–Crippen MR) is 255 cm³/mol. The van der Waals surface area contributed by atoms with E-state index in [1.54, 1.807) is 0 Å². The van der Waals surface area contributed by atoms with Crippen molar-refractivity contribution in [3.8, 4) is 0 Å². The van der Waals surface area contributed by atoms with Crippen molar-refractivity contribution in [1.29, 1.82) is 0 Å². The minimum atomic E-state index is -1.16. The van der Waals surface area contributed by atoms with Crippen LogP contribution in [0, 0.1) is 0 Å². The first-order valence-electron chi connectivity index (χ1n) is 26.1. The standard InChI is InChI=1S/C53H103NO4/c1-3-5-7-9-11-13-15-17-19-21-23-25-27-29-31-33-35-37-39-41-43-45-47-51(56)53(58)50(49-55)54-52(57)48-46-44-42-40-38-36-34-32-30-28-26-24-22-20-18-16-14-12-10-8-6-4-2/h28,30,39,41,50-51,53,55-56,58H,3-27,29,31-38,40,42-49H2,1-2H3,(H,54,57)/b30-28-,41-39+. The molecule has 5 heteroatoms. The van der Waals surface area contributed by atoms with E-state index in [1.807, 2.05) is 0 Å².